The number of hydrogen-bond acceptors (Lipinski definition) is 5. The molecule has 2 heterocycles. The van der Waals surface area contributed by atoms with Crippen LogP contribution in [0, 0.1) is 0 Å². The highest BCUT2D eigenvalue weighted by Crippen LogP contribution is 2.48. The van der Waals surface area contributed by atoms with Crippen molar-refractivity contribution in [3.63, 3.8) is 0 Å². The Morgan fingerprint density at radius 2 is 1.71 bits per heavy atom. The summed E-state index contributed by atoms with van der Waals surface area (Å²) in [6.07, 6.45) is 0.674. The molecule has 3 aromatic carbocycles. The van der Waals surface area contributed by atoms with Gasteiger partial charge in [0.25, 0.3) is 5.91 Å². The third kappa shape index (κ3) is 3.97. The molecule has 0 spiro atoms. The SMILES string of the molecule is CCOc1ccc(NC(=O)[C@@H]2c3ccccc3C(=O)N3CCc4cc(OC)c(OC)cc4[C@H]23)cc1. The van der Waals surface area contributed by atoms with E-state index in [0.717, 1.165) is 22.4 Å². The van der Waals surface area contributed by atoms with Gasteiger partial charge < -0.3 is 24.4 Å². The number of carbonyl (C=O) groups excluding carboxylic acids is 2. The molecular weight excluding hydrogens is 444 g/mol. The van der Waals surface area contributed by atoms with Gasteiger partial charge in [-0.25, -0.2) is 0 Å². The lowest BCUT2D eigenvalue weighted by atomic mass is 9.75. The fraction of sp³-hybridized carbons (Fsp3) is 0.286. The second-order valence-corrected chi connectivity index (χ2v) is 8.61. The van der Waals surface area contributed by atoms with Crippen molar-refractivity contribution >= 4 is 17.5 Å². The van der Waals surface area contributed by atoms with Crippen molar-refractivity contribution in [1.29, 1.82) is 0 Å². The van der Waals surface area contributed by atoms with Gasteiger partial charge in [-0.3, -0.25) is 9.59 Å². The minimum Gasteiger partial charge on any atom is -0.494 e. The molecule has 35 heavy (non-hydrogen) atoms. The zero-order chi connectivity index (χ0) is 24.5. The van der Waals surface area contributed by atoms with Crippen LogP contribution in [0.2, 0.25) is 0 Å². The van der Waals surface area contributed by atoms with Crippen molar-refractivity contribution in [2.24, 2.45) is 0 Å². The molecule has 7 nitrogen and oxygen atoms in total. The molecule has 3 aromatic rings. The largest absolute Gasteiger partial charge is 0.494 e. The molecule has 0 unspecified atom stereocenters. The van der Waals surface area contributed by atoms with Crippen molar-refractivity contribution < 1.29 is 23.8 Å². The van der Waals surface area contributed by atoms with Crippen LogP contribution in [-0.4, -0.2) is 44.1 Å². The zero-order valence-electron chi connectivity index (χ0n) is 20.0. The highest BCUT2D eigenvalue weighted by molar-refractivity contribution is 6.04. The van der Waals surface area contributed by atoms with E-state index in [4.69, 9.17) is 14.2 Å². The summed E-state index contributed by atoms with van der Waals surface area (Å²) in [5, 5.41) is 3.06. The van der Waals surface area contributed by atoms with Crippen molar-refractivity contribution in [1.82, 2.24) is 4.90 Å². The molecule has 0 bridgehead atoms. The van der Waals surface area contributed by atoms with Crippen LogP contribution in [0.5, 0.6) is 17.2 Å². The molecule has 0 fully saturated rings. The Kier molecular flexibility index (Phi) is 6.07. The molecule has 1 N–H and O–H groups in total. The van der Waals surface area contributed by atoms with E-state index < -0.39 is 12.0 Å². The maximum absolute atomic E-state index is 13.9. The van der Waals surface area contributed by atoms with E-state index >= 15 is 0 Å². The Bertz CT molecular complexity index is 1270. The third-order valence-corrected chi connectivity index (χ3v) is 6.74. The van der Waals surface area contributed by atoms with Crippen LogP contribution < -0.4 is 19.5 Å². The fourth-order valence-corrected chi connectivity index (χ4v) is 5.16. The number of benzene rings is 3. The van der Waals surface area contributed by atoms with E-state index in [1.165, 1.54) is 0 Å². The van der Waals surface area contributed by atoms with Gasteiger partial charge in [0.05, 0.1) is 32.8 Å². The molecule has 2 amide bonds. The van der Waals surface area contributed by atoms with Gasteiger partial charge in [0.1, 0.15) is 5.75 Å². The number of methoxy groups -OCH3 is 2. The normalized spacial score (nSPS) is 18.1. The van der Waals surface area contributed by atoms with Crippen molar-refractivity contribution in [3.05, 3.63) is 82.9 Å². The number of rotatable bonds is 6. The predicted octanol–water partition coefficient (Wildman–Crippen LogP) is 4.58. The van der Waals surface area contributed by atoms with Crippen LogP contribution in [0.3, 0.4) is 0 Å². The second kappa shape index (κ2) is 9.33. The van der Waals surface area contributed by atoms with Gasteiger partial charge in [-0.2, -0.15) is 0 Å². The number of amides is 2. The molecule has 0 aromatic heterocycles. The van der Waals surface area contributed by atoms with Crippen LogP contribution in [-0.2, 0) is 11.2 Å². The van der Waals surface area contributed by atoms with Gasteiger partial charge >= 0.3 is 0 Å². The van der Waals surface area contributed by atoms with E-state index in [-0.39, 0.29) is 11.8 Å². The van der Waals surface area contributed by atoms with Crippen LogP contribution >= 0.6 is 0 Å². The maximum Gasteiger partial charge on any atom is 0.254 e. The number of fused-ring (bicyclic) bond motifs is 4. The highest BCUT2D eigenvalue weighted by Gasteiger charge is 2.46. The molecule has 5 rings (SSSR count). The molecule has 2 atom stereocenters. The molecule has 0 aliphatic carbocycles. The number of nitrogens with zero attached hydrogens (tertiary/aromatic N) is 1. The predicted molar refractivity (Wildman–Crippen MR) is 132 cm³/mol. The van der Waals surface area contributed by atoms with Crippen LogP contribution in [0.4, 0.5) is 5.69 Å². The molecule has 2 aliphatic heterocycles. The molecule has 0 saturated carbocycles. The number of nitrogens with one attached hydrogen (secondary N) is 1. The number of hydrogen-bond donors (Lipinski definition) is 1. The summed E-state index contributed by atoms with van der Waals surface area (Å²) in [6.45, 7) is 3.02. The Morgan fingerprint density at radius 3 is 2.43 bits per heavy atom. The van der Waals surface area contributed by atoms with Crippen molar-refractivity contribution in [2.75, 3.05) is 32.7 Å². The maximum atomic E-state index is 13.9. The molecule has 0 saturated heterocycles. The number of carbonyl (C=O) groups is 2. The van der Waals surface area contributed by atoms with Crippen LogP contribution in [0.1, 0.15) is 45.9 Å². The standard InChI is InChI=1S/C28H28N2O5/c1-4-35-19-11-9-18(10-12-19)29-27(31)25-20-7-5-6-8-21(20)28(32)30-14-13-17-15-23(33-2)24(34-3)16-22(17)26(25)30/h5-12,15-16,25-26H,4,13-14H2,1-3H3,(H,29,31)/t25-,26-/m1/s1. The molecule has 180 valence electrons. The number of ether oxygens (including phenoxy) is 3. The summed E-state index contributed by atoms with van der Waals surface area (Å²) >= 11 is 0. The van der Waals surface area contributed by atoms with Gasteiger partial charge in [0, 0.05) is 17.8 Å². The quantitative estimate of drug-likeness (QED) is 0.568. The Labute approximate surface area is 204 Å². The van der Waals surface area contributed by atoms with Crippen LogP contribution in [0.15, 0.2) is 60.7 Å². The first-order valence-corrected chi connectivity index (χ1v) is 11.7. The average Bonchev–Trinajstić information content (AvgIpc) is 2.89. The van der Waals surface area contributed by atoms with Crippen LogP contribution in [0.25, 0.3) is 0 Å². The first kappa shape index (κ1) is 22.8. The smallest absolute Gasteiger partial charge is 0.254 e. The molecule has 0 radical (unpaired) electrons. The van der Waals surface area contributed by atoms with E-state index in [2.05, 4.69) is 5.32 Å². The Morgan fingerprint density at radius 1 is 1.00 bits per heavy atom. The lowest BCUT2D eigenvalue weighted by Gasteiger charge is -2.45. The van der Waals surface area contributed by atoms with Crippen molar-refractivity contribution in [2.45, 2.75) is 25.3 Å². The fourth-order valence-electron chi connectivity index (χ4n) is 5.16. The van der Waals surface area contributed by atoms with E-state index in [1.807, 2.05) is 66.4 Å². The Hall–Kier alpha value is -4.00. The Balaban J connectivity index is 1.59. The molecule has 7 heteroatoms. The van der Waals surface area contributed by atoms with Gasteiger partial charge in [0.2, 0.25) is 5.91 Å². The van der Waals surface area contributed by atoms with Crippen molar-refractivity contribution in [3.8, 4) is 17.2 Å². The zero-order valence-corrected chi connectivity index (χ0v) is 20.0. The second-order valence-electron chi connectivity index (χ2n) is 8.61. The molecular formula is C28H28N2O5. The van der Waals surface area contributed by atoms with E-state index in [9.17, 15) is 9.59 Å². The minimum atomic E-state index is -0.590. The first-order chi connectivity index (χ1) is 17.0. The summed E-state index contributed by atoms with van der Waals surface area (Å²) in [4.78, 5) is 29.2. The topological polar surface area (TPSA) is 77.1 Å². The third-order valence-electron chi connectivity index (χ3n) is 6.74. The van der Waals surface area contributed by atoms with Gasteiger partial charge in [-0.15, -0.1) is 0 Å². The summed E-state index contributed by atoms with van der Waals surface area (Å²) in [5.41, 5.74) is 3.92. The lowest BCUT2D eigenvalue weighted by molar-refractivity contribution is -0.119. The summed E-state index contributed by atoms with van der Waals surface area (Å²) in [6, 6.07) is 18.1. The van der Waals surface area contributed by atoms with Gasteiger partial charge in [-0.05, 0) is 72.5 Å². The average molecular weight is 473 g/mol. The summed E-state index contributed by atoms with van der Waals surface area (Å²) < 4.78 is 16.6. The van der Waals surface area contributed by atoms with E-state index in [1.54, 1.807) is 20.3 Å². The highest BCUT2D eigenvalue weighted by atomic mass is 16.5. The lowest BCUT2D eigenvalue weighted by Crippen LogP contribution is -2.49. The summed E-state index contributed by atoms with van der Waals surface area (Å²) in [7, 11) is 3.19. The van der Waals surface area contributed by atoms with Gasteiger partial charge in [-0.1, -0.05) is 18.2 Å². The minimum absolute atomic E-state index is 0.0591. The number of anilines is 1. The molecule has 2 aliphatic rings. The first-order valence-electron chi connectivity index (χ1n) is 11.7. The van der Waals surface area contributed by atoms with E-state index in [0.29, 0.717) is 42.3 Å². The monoisotopic (exact) mass is 472 g/mol. The van der Waals surface area contributed by atoms with Gasteiger partial charge in [0.15, 0.2) is 11.5 Å². The summed E-state index contributed by atoms with van der Waals surface area (Å²) in [5.74, 6) is 1.13.